The molecule has 0 saturated carbocycles. The number of carbonyl (C=O) groups is 2. The summed E-state index contributed by atoms with van der Waals surface area (Å²) >= 11 is 0. The van der Waals surface area contributed by atoms with Crippen molar-refractivity contribution >= 4 is 33.4 Å². The number of sulfone groups is 1. The number of hydrogen-bond acceptors (Lipinski definition) is 9. The highest BCUT2D eigenvalue weighted by Gasteiger charge is 2.28. The van der Waals surface area contributed by atoms with Gasteiger partial charge in [-0.1, -0.05) is 18.2 Å². The Hall–Kier alpha value is -4.95. The quantitative estimate of drug-likeness (QED) is 0.261. The molecule has 0 bridgehead atoms. The number of anilines is 1. The zero-order valence-electron chi connectivity index (χ0n) is 25.6. The third kappa shape index (κ3) is 6.65. The lowest BCUT2D eigenvalue weighted by Crippen LogP contribution is -2.43. The van der Waals surface area contributed by atoms with E-state index in [4.69, 9.17) is 15.2 Å². The van der Waals surface area contributed by atoms with Crippen LogP contribution in [-0.2, 0) is 31.5 Å². The molecule has 0 radical (unpaired) electrons. The zero-order chi connectivity index (χ0) is 33.5. The number of Topliss-reactive ketones (excluding diaryl/α,β-unsaturated/α-hetero) is 1. The highest BCUT2D eigenvalue weighted by Crippen LogP contribution is 2.33. The first-order chi connectivity index (χ1) is 22.4. The number of allylic oxidation sites excluding steroid dienone is 1. The first-order valence-electron chi connectivity index (χ1n) is 14.8. The highest BCUT2D eigenvalue weighted by molar-refractivity contribution is 7.91. The maximum absolute atomic E-state index is 14.0. The van der Waals surface area contributed by atoms with Gasteiger partial charge in [0.15, 0.2) is 27.3 Å². The number of aryl methyl sites for hydroxylation is 2. The van der Waals surface area contributed by atoms with Crippen molar-refractivity contribution in [3.05, 3.63) is 99.4 Å². The van der Waals surface area contributed by atoms with Crippen molar-refractivity contribution in [3.8, 4) is 17.3 Å². The summed E-state index contributed by atoms with van der Waals surface area (Å²) in [6.07, 6.45) is 4.74. The third-order valence-electron chi connectivity index (χ3n) is 8.15. The van der Waals surface area contributed by atoms with Gasteiger partial charge in [0.25, 0.3) is 0 Å². The molecular weight excluding hydrogens is 632 g/mol. The lowest BCUT2D eigenvalue weighted by atomic mass is 10.0. The fourth-order valence-electron chi connectivity index (χ4n) is 5.62. The van der Waals surface area contributed by atoms with Crippen LogP contribution in [0, 0.1) is 25.5 Å². The summed E-state index contributed by atoms with van der Waals surface area (Å²) in [7, 11) is -3.74. The molecule has 1 saturated heterocycles. The van der Waals surface area contributed by atoms with Crippen molar-refractivity contribution in [2.45, 2.75) is 26.0 Å². The summed E-state index contributed by atoms with van der Waals surface area (Å²) < 4.78 is 65.9. The zero-order valence-corrected chi connectivity index (χ0v) is 26.4. The number of para-hydroxylation sites is 1. The maximum Gasteiger partial charge on any atom is 0.237 e. The predicted octanol–water partition coefficient (Wildman–Crippen LogP) is 4.13. The largest absolute Gasteiger partial charge is 0.433 e. The first kappa shape index (κ1) is 32.0. The second-order valence-corrected chi connectivity index (χ2v) is 13.6. The Kier molecular flexibility index (Phi) is 8.64. The topological polar surface area (TPSA) is 147 Å². The summed E-state index contributed by atoms with van der Waals surface area (Å²) in [5, 5.41) is 4.29. The summed E-state index contributed by atoms with van der Waals surface area (Å²) in [4.78, 5) is 31.8. The number of carbonyl (C=O) groups excluding carboxylic acids is 2. The molecule has 14 heteroatoms. The standard InChI is InChI=1S/C33H31F2N5O6S/c1-19-10-21-12-23(13-22(21)14-24(19)17-47(43,44)18-30(41)39-6-8-45-9-7-39)31(42)25-15-38-40(33(25)36)28-16-37-29(11-20(28)2)46-32-26(34)4-3-5-27(32)35/h3-5,10-12,14-16H,6-9,13,17-18,36H2,1-2H3. The van der Waals surface area contributed by atoms with Crippen LogP contribution in [0.5, 0.6) is 11.6 Å². The Labute approximate surface area is 269 Å². The number of benzene rings is 2. The van der Waals surface area contributed by atoms with E-state index in [-0.39, 0.29) is 35.2 Å². The predicted molar refractivity (Wildman–Crippen MR) is 169 cm³/mol. The Morgan fingerprint density at radius 2 is 1.77 bits per heavy atom. The van der Waals surface area contributed by atoms with Gasteiger partial charge in [-0.2, -0.15) is 5.10 Å². The SMILES string of the molecule is Cc1cc2c(cc1CS(=O)(=O)CC(=O)N1CCOCC1)CC(C(=O)c1cnn(-c3cnc(Oc4c(F)cccc4F)cc3C)c1N)=C2. The van der Waals surface area contributed by atoms with E-state index in [1.165, 1.54) is 34.1 Å². The Bertz CT molecular complexity index is 2030. The number of ether oxygens (including phenoxy) is 2. The van der Waals surface area contributed by atoms with E-state index in [2.05, 4.69) is 10.1 Å². The monoisotopic (exact) mass is 663 g/mol. The number of nitrogens with two attached hydrogens (primary N) is 1. The smallest absolute Gasteiger partial charge is 0.237 e. The van der Waals surface area contributed by atoms with Crippen LogP contribution in [0.2, 0.25) is 0 Å². The molecule has 1 aliphatic heterocycles. The minimum absolute atomic E-state index is 0.0442. The van der Waals surface area contributed by atoms with Crippen molar-refractivity contribution in [1.29, 1.82) is 0 Å². The minimum atomic E-state index is -3.74. The number of rotatable bonds is 9. The minimum Gasteiger partial charge on any atom is -0.433 e. The average molecular weight is 664 g/mol. The van der Waals surface area contributed by atoms with Crippen molar-refractivity contribution in [2.75, 3.05) is 37.8 Å². The van der Waals surface area contributed by atoms with Crippen molar-refractivity contribution in [1.82, 2.24) is 19.7 Å². The molecule has 2 aromatic carbocycles. The molecule has 244 valence electrons. The first-order valence-corrected chi connectivity index (χ1v) is 16.6. The number of ketones is 1. The van der Waals surface area contributed by atoms with Gasteiger partial charge in [-0.15, -0.1) is 0 Å². The van der Waals surface area contributed by atoms with Crippen molar-refractivity contribution < 1.29 is 36.3 Å². The van der Waals surface area contributed by atoms with Gasteiger partial charge in [-0.05, 0) is 59.9 Å². The Balaban J connectivity index is 1.16. The van der Waals surface area contributed by atoms with Gasteiger partial charge < -0.3 is 20.1 Å². The number of morpholine rings is 1. The van der Waals surface area contributed by atoms with Gasteiger partial charge in [0.2, 0.25) is 17.5 Å². The summed E-state index contributed by atoms with van der Waals surface area (Å²) in [6.45, 7) is 5.02. The van der Waals surface area contributed by atoms with E-state index in [1.54, 1.807) is 26.0 Å². The lowest BCUT2D eigenvalue weighted by Gasteiger charge is -2.26. The molecular formula is C33H31F2N5O6S. The summed E-state index contributed by atoms with van der Waals surface area (Å²) in [6, 6.07) is 8.45. The average Bonchev–Trinajstić information content (AvgIpc) is 3.62. The van der Waals surface area contributed by atoms with Gasteiger partial charge in [0, 0.05) is 31.1 Å². The molecule has 0 atom stereocenters. The fraction of sp³-hybridized carbons (Fsp3) is 0.273. The van der Waals surface area contributed by atoms with Crippen LogP contribution < -0.4 is 10.5 Å². The van der Waals surface area contributed by atoms with E-state index in [1.807, 2.05) is 6.07 Å². The van der Waals surface area contributed by atoms with E-state index in [0.29, 0.717) is 48.7 Å². The molecule has 2 aliphatic rings. The number of nitrogen functional groups attached to an aromatic ring is 1. The second-order valence-electron chi connectivity index (χ2n) is 11.5. The van der Waals surface area contributed by atoms with Crippen LogP contribution in [0.4, 0.5) is 14.6 Å². The number of pyridine rings is 1. The fourth-order valence-corrected chi connectivity index (χ4v) is 7.07. The number of nitrogens with zero attached hydrogens (tertiary/aromatic N) is 4. The van der Waals surface area contributed by atoms with E-state index < -0.39 is 38.9 Å². The summed E-state index contributed by atoms with van der Waals surface area (Å²) in [5.41, 5.74) is 10.9. The van der Waals surface area contributed by atoms with E-state index >= 15 is 0 Å². The third-order valence-corrected chi connectivity index (χ3v) is 9.58. The van der Waals surface area contributed by atoms with Gasteiger partial charge in [-0.25, -0.2) is 26.9 Å². The number of fused-ring (bicyclic) bond motifs is 1. The van der Waals surface area contributed by atoms with Crippen LogP contribution in [-0.4, -0.2) is 71.8 Å². The highest BCUT2D eigenvalue weighted by atomic mass is 32.2. The van der Waals surface area contributed by atoms with E-state index in [0.717, 1.165) is 28.8 Å². The van der Waals surface area contributed by atoms with Crippen LogP contribution in [0.15, 0.2) is 54.4 Å². The number of aromatic nitrogens is 3. The van der Waals surface area contributed by atoms with Gasteiger partial charge in [0.1, 0.15) is 11.6 Å². The number of amides is 1. The Morgan fingerprint density at radius 3 is 2.47 bits per heavy atom. The molecule has 2 N–H and O–H groups in total. The van der Waals surface area contributed by atoms with E-state index in [9.17, 15) is 26.8 Å². The van der Waals surface area contributed by atoms with Crippen molar-refractivity contribution in [2.24, 2.45) is 0 Å². The molecule has 4 aromatic rings. The molecule has 47 heavy (non-hydrogen) atoms. The van der Waals surface area contributed by atoms with Crippen molar-refractivity contribution in [3.63, 3.8) is 0 Å². The molecule has 3 heterocycles. The van der Waals surface area contributed by atoms with Gasteiger partial charge in [-0.3, -0.25) is 9.59 Å². The molecule has 2 aromatic heterocycles. The maximum atomic E-state index is 14.0. The molecule has 1 amide bonds. The summed E-state index contributed by atoms with van der Waals surface area (Å²) in [5.74, 6) is -3.95. The second kappa shape index (κ2) is 12.7. The molecule has 0 unspecified atom stereocenters. The number of hydrogen-bond donors (Lipinski definition) is 1. The molecule has 1 fully saturated rings. The van der Waals surface area contributed by atoms with Gasteiger partial charge in [0.05, 0.1) is 42.6 Å². The van der Waals surface area contributed by atoms with Crippen LogP contribution in [0.25, 0.3) is 11.8 Å². The lowest BCUT2D eigenvalue weighted by molar-refractivity contribution is -0.132. The molecule has 11 nitrogen and oxygen atoms in total. The van der Waals surface area contributed by atoms with Crippen LogP contribution >= 0.6 is 0 Å². The number of halogens is 2. The normalized spacial score (nSPS) is 14.6. The van der Waals surface area contributed by atoms with Gasteiger partial charge >= 0.3 is 0 Å². The van der Waals surface area contributed by atoms with Crippen LogP contribution in [0.1, 0.15) is 38.2 Å². The Morgan fingerprint density at radius 1 is 1.04 bits per heavy atom. The molecule has 1 aliphatic carbocycles. The molecule has 0 spiro atoms. The van der Waals surface area contributed by atoms with Crippen LogP contribution in [0.3, 0.4) is 0 Å². The molecule has 6 rings (SSSR count).